The molecule has 6 heteroatoms. The van der Waals surface area contributed by atoms with Gasteiger partial charge in [0.05, 0.1) is 16.5 Å². The zero-order chi connectivity index (χ0) is 9.97. The number of carbonyl (C=O) groups excluding carboxylic acids is 1. The van der Waals surface area contributed by atoms with E-state index in [1.54, 1.807) is 6.20 Å². The number of nitrogens with one attached hydrogen (secondary N) is 2. The van der Waals surface area contributed by atoms with Crippen molar-refractivity contribution in [1.29, 1.82) is 0 Å². The van der Waals surface area contributed by atoms with Crippen LogP contribution in [0.15, 0.2) is 9.98 Å². The van der Waals surface area contributed by atoms with Crippen LogP contribution in [0.1, 0.15) is 12.8 Å². The predicted octanol–water partition coefficient (Wildman–Crippen LogP) is 1.60. The van der Waals surface area contributed by atoms with Crippen molar-refractivity contribution in [2.75, 3.05) is 11.9 Å². The third kappa shape index (κ3) is 2.95. The van der Waals surface area contributed by atoms with Crippen molar-refractivity contribution in [1.82, 2.24) is 10.3 Å². The Bertz CT molecular complexity index is 337. The molecule has 0 spiro atoms. The molecule has 1 aromatic rings. The van der Waals surface area contributed by atoms with Gasteiger partial charge in [-0.2, -0.15) is 0 Å². The Balaban J connectivity index is 1.73. The van der Waals surface area contributed by atoms with Gasteiger partial charge in [-0.15, -0.1) is 0 Å². The molecule has 0 radical (unpaired) electrons. The van der Waals surface area contributed by atoms with Crippen LogP contribution < -0.4 is 10.6 Å². The van der Waals surface area contributed by atoms with E-state index in [4.69, 9.17) is 0 Å². The van der Waals surface area contributed by atoms with E-state index >= 15 is 0 Å². The van der Waals surface area contributed by atoms with Gasteiger partial charge in [0, 0.05) is 6.04 Å². The molecule has 1 amide bonds. The minimum absolute atomic E-state index is 0.0406. The van der Waals surface area contributed by atoms with E-state index < -0.39 is 0 Å². The van der Waals surface area contributed by atoms with Gasteiger partial charge in [0.2, 0.25) is 5.91 Å². The van der Waals surface area contributed by atoms with Gasteiger partial charge in [-0.05, 0) is 28.8 Å². The van der Waals surface area contributed by atoms with E-state index in [9.17, 15) is 4.79 Å². The van der Waals surface area contributed by atoms with Crippen LogP contribution in [-0.2, 0) is 4.79 Å². The third-order valence-electron chi connectivity index (χ3n) is 1.82. The smallest absolute Gasteiger partial charge is 0.239 e. The molecule has 0 unspecified atom stereocenters. The number of halogens is 1. The fraction of sp³-hybridized carbons (Fsp3) is 0.500. The second-order valence-electron chi connectivity index (χ2n) is 3.16. The second-order valence-corrected chi connectivity index (χ2v) is 5.57. The summed E-state index contributed by atoms with van der Waals surface area (Å²) in [6.45, 7) is 0.302. The van der Waals surface area contributed by atoms with Crippen LogP contribution in [0, 0.1) is 0 Å². The molecule has 1 aliphatic carbocycles. The molecule has 1 fully saturated rings. The van der Waals surface area contributed by atoms with Crippen molar-refractivity contribution in [2.24, 2.45) is 0 Å². The van der Waals surface area contributed by atoms with E-state index in [1.165, 1.54) is 11.3 Å². The van der Waals surface area contributed by atoms with E-state index in [0.717, 1.165) is 21.8 Å². The van der Waals surface area contributed by atoms with Gasteiger partial charge in [0.15, 0.2) is 5.13 Å². The third-order valence-corrected chi connectivity index (χ3v) is 3.25. The number of anilines is 1. The molecular weight excluding hydrogens is 266 g/mol. The highest BCUT2D eigenvalue weighted by Gasteiger charge is 2.22. The summed E-state index contributed by atoms with van der Waals surface area (Å²) in [5.74, 6) is 0.0406. The fourth-order valence-corrected chi connectivity index (χ4v) is 2.10. The number of rotatable bonds is 4. The Hall–Kier alpha value is -0.620. The van der Waals surface area contributed by atoms with Crippen molar-refractivity contribution >= 4 is 38.3 Å². The van der Waals surface area contributed by atoms with E-state index in [0.29, 0.717) is 12.6 Å². The number of nitrogens with zero attached hydrogens (tertiary/aromatic N) is 1. The molecule has 0 saturated heterocycles. The standard InChI is InChI=1S/C8H10BrN3OS/c9-6-3-10-8(14-6)11-4-7(13)12-5-1-2-5/h3,5H,1-2,4H2,(H,10,11)(H,12,13). The van der Waals surface area contributed by atoms with Crippen LogP contribution >= 0.6 is 27.3 Å². The van der Waals surface area contributed by atoms with E-state index in [-0.39, 0.29) is 5.91 Å². The summed E-state index contributed by atoms with van der Waals surface area (Å²) in [4.78, 5) is 15.3. The topological polar surface area (TPSA) is 54.0 Å². The summed E-state index contributed by atoms with van der Waals surface area (Å²) in [5, 5.41) is 6.62. The zero-order valence-electron chi connectivity index (χ0n) is 7.42. The normalized spacial score (nSPS) is 15.2. The van der Waals surface area contributed by atoms with Gasteiger partial charge in [0.1, 0.15) is 0 Å². The highest BCUT2D eigenvalue weighted by Crippen LogP contribution is 2.23. The van der Waals surface area contributed by atoms with Crippen molar-refractivity contribution in [2.45, 2.75) is 18.9 Å². The highest BCUT2D eigenvalue weighted by atomic mass is 79.9. The van der Waals surface area contributed by atoms with Crippen LogP contribution in [0.25, 0.3) is 0 Å². The van der Waals surface area contributed by atoms with Crippen LogP contribution in [-0.4, -0.2) is 23.5 Å². The van der Waals surface area contributed by atoms with Gasteiger partial charge in [-0.3, -0.25) is 4.79 Å². The van der Waals surface area contributed by atoms with E-state index in [2.05, 4.69) is 31.5 Å². The number of hydrogen-bond donors (Lipinski definition) is 2. The summed E-state index contributed by atoms with van der Waals surface area (Å²) in [6, 6.07) is 0.423. The molecule has 0 bridgehead atoms. The summed E-state index contributed by atoms with van der Waals surface area (Å²) in [6.07, 6.45) is 3.95. The lowest BCUT2D eigenvalue weighted by Gasteiger charge is -2.03. The molecule has 2 rings (SSSR count). The van der Waals surface area contributed by atoms with Crippen molar-refractivity contribution in [3.8, 4) is 0 Å². The van der Waals surface area contributed by atoms with E-state index in [1.807, 2.05) is 0 Å². The molecule has 1 aromatic heterocycles. The van der Waals surface area contributed by atoms with Gasteiger partial charge >= 0.3 is 0 Å². The number of aromatic nitrogens is 1. The number of carbonyl (C=O) groups is 1. The largest absolute Gasteiger partial charge is 0.352 e. The lowest BCUT2D eigenvalue weighted by molar-refractivity contribution is -0.119. The Kier molecular flexibility index (Phi) is 3.02. The van der Waals surface area contributed by atoms with Crippen LogP contribution in [0.3, 0.4) is 0 Å². The molecule has 0 aromatic carbocycles. The average molecular weight is 276 g/mol. The average Bonchev–Trinajstić information content (AvgIpc) is 2.85. The molecule has 0 aliphatic heterocycles. The van der Waals surface area contributed by atoms with Gasteiger partial charge < -0.3 is 10.6 Å². The van der Waals surface area contributed by atoms with Crippen LogP contribution in [0.5, 0.6) is 0 Å². The first kappa shape index (κ1) is 9.92. The first-order chi connectivity index (χ1) is 6.74. The van der Waals surface area contributed by atoms with Crippen LogP contribution in [0.2, 0.25) is 0 Å². The van der Waals surface area contributed by atoms with Crippen molar-refractivity contribution in [3.63, 3.8) is 0 Å². The van der Waals surface area contributed by atoms with Gasteiger partial charge in [0.25, 0.3) is 0 Å². The minimum Gasteiger partial charge on any atom is -0.352 e. The van der Waals surface area contributed by atoms with Gasteiger partial charge in [-0.1, -0.05) is 11.3 Å². The molecule has 1 heterocycles. The Morgan fingerprint density at radius 3 is 3.07 bits per heavy atom. The first-order valence-electron chi connectivity index (χ1n) is 4.38. The summed E-state index contributed by atoms with van der Waals surface area (Å²) >= 11 is 4.78. The Morgan fingerprint density at radius 2 is 2.50 bits per heavy atom. The number of amides is 1. The fourth-order valence-electron chi connectivity index (χ4n) is 0.998. The zero-order valence-corrected chi connectivity index (χ0v) is 9.82. The Labute approximate surface area is 94.2 Å². The molecule has 1 saturated carbocycles. The molecule has 2 N–H and O–H groups in total. The molecule has 76 valence electrons. The number of hydrogen-bond acceptors (Lipinski definition) is 4. The second kappa shape index (κ2) is 4.27. The molecule has 1 aliphatic rings. The number of thiazole rings is 1. The van der Waals surface area contributed by atoms with Crippen LogP contribution in [0.4, 0.5) is 5.13 Å². The lowest BCUT2D eigenvalue weighted by atomic mass is 10.5. The quantitative estimate of drug-likeness (QED) is 0.878. The summed E-state index contributed by atoms with van der Waals surface area (Å²) in [7, 11) is 0. The summed E-state index contributed by atoms with van der Waals surface area (Å²) < 4.78 is 0.961. The monoisotopic (exact) mass is 275 g/mol. The summed E-state index contributed by atoms with van der Waals surface area (Å²) in [5.41, 5.74) is 0. The maximum Gasteiger partial charge on any atom is 0.239 e. The lowest BCUT2D eigenvalue weighted by Crippen LogP contribution is -2.31. The molecular formula is C8H10BrN3OS. The maximum absolute atomic E-state index is 11.3. The van der Waals surface area contributed by atoms with Crippen molar-refractivity contribution < 1.29 is 4.79 Å². The Morgan fingerprint density at radius 1 is 1.71 bits per heavy atom. The molecule has 4 nitrogen and oxygen atoms in total. The predicted molar refractivity (Wildman–Crippen MR) is 59.5 cm³/mol. The molecule has 14 heavy (non-hydrogen) atoms. The van der Waals surface area contributed by atoms with Gasteiger partial charge in [-0.25, -0.2) is 4.98 Å². The first-order valence-corrected chi connectivity index (χ1v) is 5.99. The minimum atomic E-state index is 0.0406. The SMILES string of the molecule is O=C(CNc1ncc(Br)s1)NC1CC1. The highest BCUT2D eigenvalue weighted by molar-refractivity contribution is 9.11. The molecule has 0 atom stereocenters. The van der Waals surface area contributed by atoms with Crippen molar-refractivity contribution in [3.05, 3.63) is 9.98 Å². The maximum atomic E-state index is 11.3.